The molecule has 0 aromatic rings. The van der Waals surface area contributed by atoms with Gasteiger partial charge in [-0.3, -0.25) is 15.0 Å². The first-order valence-corrected chi connectivity index (χ1v) is 4.74. The summed E-state index contributed by atoms with van der Waals surface area (Å²) in [7, 11) is 0. The van der Waals surface area contributed by atoms with Crippen molar-refractivity contribution in [3.05, 3.63) is 0 Å². The zero-order chi connectivity index (χ0) is 11.8. The van der Waals surface area contributed by atoms with Crippen molar-refractivity contribution in [3.8, 4) is 6.07 Å². The smallest absolute Gasteiger partial charge is 0.318 e. The fourth-order valence-corrected chi connectivity index (χ4v) is 1.21. The average Bonchev–Trinajstić information content (AvgIpc) is 2.17. The average molecular weight is 212 g/mol. The van der Waals surface area contributed by atoms with Crippen LogP contribution in [0.15, 0.2) is 0 Å². The van der Waals surface area contributed by atoms with Gasteiger partial charge in [-0.25, -0.2) is 4.79 Å². The molecule has 3 N–H and O–H groups in total. The van der Waals surface area contributed by atoms with E-state index in [1.165, 1.54) is 0 Å². The summed E-state index contributed by atoms with van der Waals surface area (Å²) < 4.78 is 0. The molecule has 3 amide bonds. The van der Waals surface area contributed by atoms with Crippen LogP contribution < -0.4 is 11.1 Å². The normalized spacial score (nSPS) is 11.9. The number of imide groups is 1. The third kappa shape index (κ3) is 4.98. The number of nitrogens with zero attached hydrogens (tertiary/aromatic N) is 2. The van der Waals surface area contributed by atoms with Gasteiger partial charge in [0.05, 0.1) is 12.1 Å². The van der Waals surface area contributed by atoms with E-state index in [1.807, 2.05) is 18.3 Å². The summed E-state index contributed by atoms with van der Waals surface area (Å²) in [5.41, 5.74) is 4.83. The summed E-state index contributed by atoms with van der Waals surface area (Å²) in [6.45, 7) is 4.68. The van der Waals surface area contributed by atoms with E-state index in [4.69, 9.17) is 11.0 Å². The number of carbonyl (C=O) groups is 2. The van der Waals surface area contributed by atoms with Gasteiger partial charge in [0.2, 0.25) is 5.91 Å². The van der Waals surface area contributed by atoms with E-state index >= 15 is 0 Å². The summed E-state index contributed by atoms with van der Waals surface area (Å²) in [5, 5.41) is 10.4. The van der Waals surface area contributed by atoms with Crippen LogP contribution in [0.5, 0.6) is 0 Å². The number of carbonyl (C=O) groups excluding carboxylic acids is 2. The SMILES string of the molecule is CCN(CCC#N)C(C)C(=O)NC(N)=O. The second-order valence-corrected chi connectivity index (χ2v) is 3.07. The van der Waals surface area contributed by atoms with Crippen LogP contribution in [0.2, 0.25) is 0 Å². The molecule has 0 heterocycles. The Balaban J connectivity index is 4.24. The summed E-state index contributed by atoms with van der Waals surface area (Å²) in [6, 6.07) is 0.682. The number of likely N-dealkylation sites (N-methyl/N-ethyl adjacent to an activating group) is 1. The first-order valence-electron chi connectivity index (χ1n) is 4.74. The fraction of sp³-hybridized carbons (Fsp3) is 0.667. The van der Waals surface area contributed by atoms with E-state index in [0.29, 0.717) is 19.5 Å². The molecule has 84 valence electrons. The Hall–Kier alpha value is -1.61. The van der Waals surface area contributed by atoms with E-state index in [2.05, 4.69) is 0 Å². The largest absolute Gasteiger partial charge is 0.351 e. The minimum Gasteiger partial charge on any atom is -0.351 e. The molecule has 0 fully saturated rings. The second kappa shape index (κ2) is 6.79. The molecule has 1 unspecified atom stereocenters. The van der Waals surface area contributed by atoms with Crippen molar-refractivity contribution in [2.24, 2.45) is 5.73 Å². The number of hydrogen-bond donors (Lipinski definition) is 2. The fourth-order valence-electron chi connectivity index (χ4n) is 1.21. The number of primary amides is 1. The van der Waals surface area contributed by atoms with E-state index in [9.17, 15) is 9.59 Å². The molecule has 0 aliphatic heterocycles. The van der Waals surface area contributed by atoms with Gasteiger partial charge in [-0.15, -0.1) is 0 Å². The zero-order valence-electron chi connectivity index (χ0n) is 8.99. The summed E-state index contributed by atoms with van der Waals surface area (Å²) in [5.74, 6) is -0.442. The summed E-state index contributed by atoms with van der Waals surface area (Å²) >= 11 is 0. The van der Waals surface area contributed by atoms with Crippen molar-refractivity contribution < 1.29 is 9.59 Å². The van der Waals surface area contributed by atoms with E-state index in [0.717, 1.165) is 0 Å². The molecule has 0 rings (SSSR count). The minimum atomic E-state index is -0.858. The summed E-state index contributed by atoms with van der Waals surface area (Å²) in [6.07, 6.45) is 0.349. The Bertz CT molecular complexity index is 272. The molecule has 15 heavy (non-hydrogen) atoms. The van der Waals surface area contributed by atoms with Gasteiger partial charge in [0.25, 0.3) is 0 Å². The van der Waals surface area contributed by atoms with Crippen molar-refractivity contribution >= 4 is 11.9 Å². The maximum absolute atomic E-state index is 11.4. The lowest BCUT2D eigenvalue weighted by Crippen LogP contribution is -2.48. The Morgan fingerprint density at radius 2 is 2.20 bits per heavy atom. The first kappa shape index (κ1) is 13.4. The lowest BCUT2D eigenvalue weighted by Gasteiger charge is -2.25. The van der Waals surface area contributed by atoms with Gasteiger partial charge in [0.1, 0.15) is 0 Å². The number of nitriles is 1. The van der Waals surface area contributed by atoms with Gasteiger partial charge >= 0.3 is 6.03 Å². The second-order valence-electron chi connectivity index (χ2n) is 3.07. The van der Waals surface area contributed by atoms with E-state index in [1.54, 1.807) is 11.8 Å². The van der Waals surface area contributed by atoms with Crippen molar-refractivity contribution in [1.82, 2.24) is 10.2 Å². The molecule has 0 aromatic heterocycles. The Labute approximate surface area is 89.0 Å². The molecule has 1 atom stereocenters. The molecule has 0 aromatic carbocycles. The molecule has 0 spiro atoms. The number of hydrogen-bond acceptors (Lipinski definition) is 4. The maximum Gasteiger partial charge on any atom is 0.318 e. The van der Waals surface area contributed by atoms with Crippen LogP contribution in [0, 0.1) is 11.3 Å². The monoisotopic (exact) mass is 212 g/mol. The first-order chi connectivity index (χ1) is 7.02. The van der Waals surface area contributed by atoms with Crippen LogP contribution in [0.4, 0.5) is 4.79 Å². The van der Waals surface area contributed by atoms with Crippen LogP contribution in [0.25, 0.3) is 0 Å². The third-order valence-corrected chi connectivity index (χ3v) is 2.09. The van der Waals surface area contributed by atoms with Crippen LogP contribution in [0.1, 0.15) is 20.3 Å². The van der Waals surface area contributed by atoms with Gasteiger partial charge in [0, 0.05) is 13.0 Å². The molecule has 0 saturated carbocycles. The van der Waals surface area contributed by atoms with Gasteiger partial charge in [-0.1, -0.05) is 6.92 Å². The third-order valence-electron chi connectivity index (χ3n) is 2.09. The van der Waals surface area contributed by atoms with Crippen molar-refractivity contribution in [2.45, 2.75) is 26.3 Å². The maximum atomic E-state index is 11.4. The molecule has 6 nitrogen and oxygen atoms in total. The number of rotatable bonds is 5. The van der Waals surface area contributed by atoms with E-state index < -0.39 is 18.0 Å². The van der Waals surface area contributed by atoms with Crippen molar-refractivity contribution in [2.75, 3.05) is 13.1 Å². The quantitative estimate of drug-likeness (QED) is 0.659. The Morgan fingerprint density at radius 3 is 2.60 bits per heavy atom. The Kier molecular flexibility index (Phi) is 6.06. The predicted octanol–water partition coefficient (Wildman–Crippen LogP) is -0.195. The topological polar surface area (TPSA) is 99.2 Å². The molecule has 0 radical (unpaired) electrons. The van der Waals surface area contributed by atoms with Crippen LogP contribution >= 0.6 is 0 Å². The predicted molar refractivity (Wildman–Crippen MR) is 54.7 cm³/mol. The highest BCUT2D eigenvalue weighted by Gasteiger charge is 2.20. The van der Waals surface area contributed by atoms with Crippen molar-refractivity contribution in [3.63, 3.8) is 0 Å². The highest BCUT2D eigenvalue weighted by Crippen LogP contribution is 1.99. The standard InChI is InChI=1S/C9H16N4O2/c1-3-13(6-4-5-10)7(2)8(14)12-9(11)15/h7H,3-4,6H2,1-2H3,(H3,11,12,14,15). The van der Waals surface area contributed by atoms with Crippen molar-refractivity contribution in [1.29, 1.82) is 5.26 Å². The number of urea groups is 1. The van der Waals surface area contributed by atoms with Gasteiger partial charge in [-0.2, -0.15) is 5.26 Å². The molecular formula is C9H16N4O2. The molecule has 0 aliphatic carbocycles. The van der Waals surface area contributed by atoms with Crippen LogP contribution in [-0.2, 0) is 4.79 Å². The molecule has 0 bridgehead atoms. The highest BCUT2D eigenvalue weighted by atomic mass is 16.2. The number of nitrogens with one attached hydrogen (secondary N) is 1. The highest BCUT2D eigenvalue weighted by molar-refractivity contribution is 5.96. The van der Waals surface area contributed by atoms with Crippen LogP contribution in [0.3, 0.4) is 0 Å². The Morgan fingerprint density at radius 1 is 1.60 bits per heavy atom. The molecular weight excluding hydrogens is 196 g/mol. The lowest BCUT2D eigenvalue weighted by atomic mass is 10.2. The molecule has 0 saturated heterocycles. The van der Waals surface area contributed by atoms with Gasteiger partial charge in [0.15, 0.2) is 0 Å². The lowest BCUT2D eigenvalue weighted by molar-refractivity contribution is -0.124. The number of amides is 3. The van der Waals surface area contributed by atoms with Gasteiger partial charge in [-0.05, 0) is 13.5 Å². The molecule has 0 aliphatic rings. The van der Waals surface area contributed by atoms with Crippen LogP contribution in [-0.4, -0.2) is 36.0 Å². The minimum absolute atomic E-state index is 0.349. The zero-order valence-corrected chi connectivity index (χ0v) is 8.99. The molecule has 6 heteroatoms. The summed E-state index contributed by atoms with van der Waals surface area (Å²) in [4.78, 5) is 23.6. The van der Waals surface area contributed by atoms with Gasteiger partial charge < -0.3 is 5.73 Å². The van der Waals surface area contributed by atoms with E-state index in [-0.39, 0.29) is 0 Å². The number of nitrogens with two attached hydrogens (primary N) is 1.